The summed E-state index contributed by atoms with van der Waals surface area (Å²) in [6.45, 7) is 0.0748. The van der Waals surface area contributed by atoms with Crippen molar-refractivity contribution in [2.45, 2.75) is 12.6 Å². The molecule has 2 heterocycles. The fourth-order valence-electron chi connectivity index (χ4n) is 2.48. The number of aromatic nitrogens is 3. The van der Waals surface area contributed by atoms with Crippen LogP contribution in [0.5, 0.6) is 0 Å². The first-order valence-electron chi connectivity index (χ1n) is 7.15. The molecule has 0 aliphatic carbocycles. The number of nitrogens with zero attached hydrogens (tertiary/aromatic N) is 3. The standard InChI is InChI=1S/C17H16FN3O2/c1-20-9-2-3-14(20)15(22)11-21-10-8-19-17(21)16(23)12-4-6-13(18)7-5-12/h2-10,16,23H,11H2,1H3/t16-/m0/s1. The molecule has 0 aliphatic heterocycles. The highest BCUT2D eigenvalue weighted by molar-refractivity contribution is 5.94. The maximum Gasteiger partial charge on any atom is 0.198 e. The number of halogens is 1. The summed E-state index contributed by atoms with van der Waals surface area (Å²) >= 11 is 0. The molecule has 5 nitrogen and oxygen atoms in total. The number of aliphatic hydroxyl groups is 1. The summed E-state index contributed by atoms with van der Waals surface area (Å²) in [7, 11) is 1.80. The monoisotopic (exact) mass is 313 g/mol. The van der Waals surface area contributed by atoms with Crippen LogP contribution >= 0.6 is 0 Å². The Kier molecular flexibility index (Phi) is 4.08. The second kappa shape index (κ2) is 6.18. The third kappa shape index (κ3) is 3.07. The minimum Gasteiger partial charge on any atom is -0.380 e. The number of aryl methyl sites for hydroxylation is 1. The molecule has 0 saturated heterocycles. The molecular weight excluding hydrogens is 297 g/mol. The fraction of sp³-hybridized carbons (Fsp3) is 0.176. The zero-order valence-corrected chi connectivity index (χ0v) is 12.6. The van der Waals surface area contributed by atoms with Crippen molar-refractivity contribution in [3.8, 4) is 0 Å². The molecular formula is C17H16FN3O2. The highest BCUT2D eigenvalue weighted by Crippen LogP contribution is 2.21. The van der Waals surface area contributed by atoms with Crippen molar-refractivity contribution >= 4 is 5.78 Å². The Labute approximate surface area is 132 Å². The van der Waals surface area contributed by atoms with Crippen molar-refractivity contribution in [1.82, 2.24) is 14.1 Å². The summed E-state index contributed by atoms with van der Waals surface area (Å²) in [5, 5.41) is 10.4. The molecule has 0 bridgehead atoms. The molecule has 1 N–H and O–H groups in total. The van der Waals surface area contributed by atoms with E-state index in [0.29, 0.717) is 17.1 Å². The lowest BCUT2D eigenvalue weighted by molar-refractivity contribution is 0.0959. The Morgan fingerprint density at radius 3 is 2.65 bits per heavy atom. The molecule has 0 aliphatic rings. The molecule has 0 radical (unpaired) electrons. The normalized spacial score (nSPS) is 12.3. The van der Waals surface area contributed by atoms with Crippen LogP contribution in [0.1, 0.15) is 28.0 Å². The van der Waals surface area contributed by atoms with E-state index in [4.69, 9.17) is 0 Å². The largest absolute Gasteiger partial charge is 0.380 e. The molecule has 0 spiro atoms. The van der Waals surface area contributed by atoms with Crippen molar-refractivity contribution in [2.24, 2.45) is 7.05 Å². The smallest absolute Gasteiger partial charge is 0.198 e. The highest BCUT2D eigenvalue weighted by atomic mass is 19.1. The Morgan fingerprint density at radius 1 is 1.26 bits per heavy atom. The van der Waals surface area contributed by atoms with Crippen LogP contribution in [0, 0.1) is 5.82 Å². The average molecular weight is 313 g/mol. The summed E-state index contributed by atoms with van der Waals surface area (Å²) in [4.78, 5) is 16.5. The topological polar surface area (TPSA) is 60.0 Å². The zero-order valence-electron chi connectivity index (χ0n) is 12.6. The van der Waals surface area contributed by atoms with Crippen LogP contribution in [0.3, 0.4) is 0 Å². The number of hydrogen-bond acceptors (Lipinski definition) is 3. The molecule has 1 aromatic carbocycles. The third-order valence-corrected chi connectivity index (χ3v) is 3.72. The van der Waals surface area contributed by atoms with E-state index in [1.54, 1.807) is 40.7 Å². The van der Waals surface area contributed by atoms with E-state index in [9.17, 15) is 14.3 Å². The molecule has 0 amide bonds. The quantitative estimate of drug-likeness (QED) is 0.735. The number of aliphatic hydroxyl groups excluding tert-OH is 1. The van der Waals surface area contributed by atoms with Gasteiger partial charge in [-0.1, -0.05) is 12.1 Å². The third-order valence-electron chi connectivity index (χ3n) is 3.72. The maximum atomic E-state index is 13.0. The average Bonchev–Trinajstić information content (AvgIpc) is 3.16. The summed E-state index contributed by atoms with van der Waals surface area (Å²) in [5.74, 6) is -0.106. The molecule has 1 atom stereocenters. The molecule has 2 aromatic heterocycles. The van der Waals surface area contributed by atoms with Gasteiger partial charge in [-0.05, 0) is 29.8 Å². The van der Waals surface area contributed by atoms with E-state index in [-0.39, 0.29) is 18.1 Å². The Bertz CT molecular complexity index is 820. The minimum atomic E-state index is -1.02. The van der Waals surface area contributed by atoms with Gasteiger partial charge in [-0.3, -0.25) is 4.79 Å². The first-order valence-corrected chi connectivity index (χ1v) is 7.15. The lowest BCUT2D eigenvalue weighted by Crippen LogP contribution is -2.17. The number of imidazole rings is 1. The predicted molar refractivity (Wildman–Crippen MR) is 82.4 cm³/mol. The van der Waals surface area contributed by atoms with Crippen LogP contribution in [0.25, 0.3) is 0 Å². The molecule has 23 heavy (non-hydrogen) atoms. The van der Waals surface area contributed by atoms with Crippen molar-refractivity contribution in [3.63, 3.8) is 0 Å². The van der Waals surface area contributed by atoms with Gasteiger partial charge in [-0.2, -0.15) is 0 Å². The van der Waals surface area contributed by atoms with Gasteiger partial charge in [-0.25, -0.2) is 9.37 Å². The summed E-state index contributed by atoms with van der Waals surface area (Å²) in [6.07, 6.45) is 3.95. The van der Waals surface area contributed by atoms with Crippen molar-refractivity contribution in [3.05, 3.63) is 77.9 Å². The van der Waals surface area contributed by atoms with E-state index < -0.39 is 6.10 Å². The summed E-state index contributed by atoms with van der Waals surface area (Å²) in [6, 6.07) is 9.10. The Hall–Kier alpha value is -2.73. The molecule has 6 heteroatoms. The van der Waals surface area contributed by atoms with Crippen LogP contribution < -0.4 is 0 Å². The van der Waals surface area contributed by atoms with Gasteiger partial charge in [0.25, 0.3) is 0 Å². The number of rotatable bonds is 5. The SMILES string of the molecule is Cn1cccc1C(=O)Cn1ccnc1[C@@H](O)c1ccc(F)cc1. The number of hydrogen-bond donors (Lipinski definition) is 1. The van der Waals surface area contributed by atoms with Crippen LogP contribution in [0.2, 0.25) is 0 Å². The molecule has 118 valence electrons. The van der Waals surface area contributed by atoms with Gasteiger partial charge in [-0.15, -0.1) is 0 Å². The van der Waals surface area contributed by atoms with Crippen molar-refractivity contribution in [2.75, 3.05) is 0 Å². The molecule has 0 unspecified atom stereocenters. The molecule has 0 saturated carbocycles. The first kappa shape index (κ1) is 15.2. The zero-order chi connectivity index (χ0) is 16.4. The van der Waals surface area contributed by atoms with Gasteiger partial charge < -0.3 is 14.2 Å². The molecule has 0 fully saturated rings. The predicted octanol–water partition coefficient (Wildman–Crippen LogP) is 2.33. The van der Waals surface area contributed by atoms with Crippen LogP contribution in [-0.4, -0.2) is 25.0 Å². The second-order valence-electron chi connectivity index (χ2n) is 5.29. The highest BCUT2D eigenvalue weighted by Gasteiger charge is 2.19. The second-order valence-corrected chi connectivity index (χ2v) is 5.29. The number of carbonyl (C=O) groups is 1. The van der Waals surface area contributed by atoms with Gasteiger partial charge in [0.05, 0.1) is 12.2 Å². The van der Waals surface area contributed by atoms with Gasteiger partial charge in [0.1, 0.15) is 17.7 Å². The Morgan fingerprint density at radius 2 is 2.00 bits per heavy atom. The van der Waals surface area contributed by atoms with E-state index in [1.807, 2.05) is 0 Å². The van der Waals surface area contributed by atoms with Crippen molar-refractivity contribution in [1.29, 1.82) is 0 Å². The van der Waals surface area contributed by atoms with E-state index in [2.05, 4.69) is 4.98 Å². The number of benzene rings is 1. The van der Waals surface area contributed by atoms with E-state index >= 15 is 0 Å². The minimum absolute atomic E-state index is 0.0748. The number of Topliss-reactive ketones (excluding diaryl/α,β-unsaturated/α-hetero) is 1. The van der Waals surface area contributed by atoms with E-state index in [0.717, 1.165) is 0 Å². The van der Waals surface area contributed by atoms with Gasteiger partial charge in [0.15, 0.2) is 5.78 Å². The van der Waals surface area contributed by atoms with Gasteiger partial charge in [0, 0.05) is 25.6 Å². The lowest BCUT2D eigenvalue weighted by Gasteiger charge is -2.13. The van der Waals surface area contributed by atoms with Crippen LogP contribution in [0.4, 0.5) is 4.39 Å². The molecule has 3 aromatic rings. The number of ketones is 1. The Balaban J connectivity index is 1.83. The van der Waals surface area contributed by atoms with Gasteiger partial charge in [0.2, 0.25) is 0 Å². The van der Waals surface area contributed by atoms with Crippen LogP contribution in [0.15, 0.2) is 55.0 Å². The lowest BCUT2D eigenvalue weighted by atomic mass is 10.1. The summed E-state index contributed by atoms with van der Waals surface area (Å²) in [5.41, 5.74) is 1.10. The number of carbonyl (C=O) groups excluding carboxylic acids is 1. The molecule has 3 rings (SSSR count). The van der Waals surface area contributed by atoms with E-state index in [1.165, 1.54) is 30.5 Å². The first-order chi connectivity index (χ1) is 11.1. The van der Waals surface area contributed by atoms with Crippen molar-refractivity contribution < 1.29 is 14.3 Å². The van der Waals surface area contributed by atoms with Crippen LogP contribution in [-0.2, 0) is 13.6 Å². The van der Waals surface area contributed by atoms with Gasteiger partial charge >= 0.3 is 0 Å². The summed E-state index contributed by atoms with van der Waals surface area (Å²) < 4.78 is 16.3. The maximum absolute atomic E-state index is 13.0. The fourth-order valence-corrected chi connectivity index (χ4v) is 2.48.